The van der Waals surface area contributed by atoms with Gasteiger partial charge in [-0.1, -0.05) is 36.4 Å². The van der Waals surface area contributed by atoms with E-state index in [0.29, 0.717) is 5.56 Å². The third-order valence-electron chi connectivity index (χ3n) is 6.07. The zero-order chi connectivity index (χ0) is 20.3. The molecule has 1 atom stereocenters. The highest BCUT2D eigenvalue weighted by Crippen LogP contribution is 2.25. The first kappa shape index (κ1) is 18.8. The van der Waals surface area contributed by atoms with Crippen LogP contribution in [0.1, 0.15) is 39.5 Å². The number of benzene rings is 2. The molecule has 0 saturated carbocycles. The quantitative estimate of drug-likeness (QED) is 0.698. The summed E-state index contributed by atoms with van der Waals surface area (Å²) in [5, 5.41) is 6.59. The van der Waals surface area contributed by atoms with Crippen LogP contribution in [0.2, 0.25) is 0 Å². The van der Waals surface area contributed by atoms with Crippen LogP contribution in [0.5, 0.6) is 0 Å². The summed E-state index contributed by atoms with van der Waals surface area (Å²) in [6.07, 6.45) is 5.13. The minimum atomic E-state index is -0.116. The molecule has 0 bridgehead atoms. The number of piperazine rings is 1. The Hall–Kier alpha value is -3.18. The van der Waals surface area contributed by atoms with Gasteiger partial charge in [0.15, 0.2) is 0 Å². The molecule has 5 rings (SSSR count). The number of aromatic nitrogens is 1. The first-order chi connectivity index (χ1) is 14.8. The van der Waals surface area contributed by atoms with E-state index in [-0.39, 0.29) is 11.9 Å². The maximum atomic E-state index is 12.7. The number of fused-ring (bicyclic) bond motifs is 1. The van der Waals surface area contributed by atoms with Crippen molar-refractivity contribution in [1.29, 1.82) is 0 Å². The van der Waals surface area contributed by atoms with Crippen LogP contribution in [0, 0.1) is 0 Å². The van der Waals surface area contributed by atoms with Crippen LogP contribution in [0.15, 0.2) is 66.9 Å². The number of amides is 1. The summed E-state index contributed by atoms with van der Waals surface area (Å²) in [6, 6.07) is 20.8. The Kier molecular flexibility index (Phi) is 5.20. The van der Waals surface area contributed by atoms with Gasteiger partial charge in [0.2, 0.25) is 0 Å². The Labute approximate surface area is 177 Å². The predicted molar refractivity (Wildman–Crippen MR) is 120 cm³/mol. The summed E-state index contributed by atoms with van der Waals surface area (Å²) >= 11 is 0. The number of pyridine rings is 1. The summed E-state index contributed by atoms with van der Waals surface area (Å²) in [5.41, 5.74) is 5.48. The highest BCUT2D eigenvalue weighted by atomic mass is 16.1. The lowest BCUT2D eigenvalue weighted by molar-refractivity contribution is 0.102. The van der Waals surface area contributed by atoms with E-state index in [4.69, 9.17) is 0 Å². The van der Waals surface area contributed by atoms with Crippen LogP contribution < -0.4 is 15.5 Å². The number of nitrogens with zero attached hydrogens (tertiary/aromatic N) is 2. The van der Waals surface area contributed by atoms with Crippen molar-refractivity contribution in [3.63, 3.8) is 0 Å². The van der Waals surface area contributed by atoms with Crippen LogP contribution >= 0.6 is 0 Å². The van der Waals surface area contributed by atoms with Gasteiger partial charge in [0.1, 0.15) is 5.82 Å². The maximum absolute atomic E-state index is 12.7. The molecule has 0 unspecified atom stereocenters. The molecular weight excluding hydrogens is 372 g/mol. The van der Waals surface area contributed by atoms with Gasteiger partial charge in [0.25, 0.3) is 5.91 Å². The minimum absolute atomic E-state index is 0.116. The standard InChI is InChI=1S/C25H26N4O/c30-25(28-22-11-9-18-7-4-8-20(18)15-22)21-10-12-24(27-16-21)29-14-13-26-23(17-29)19-5-2-1-3-6-19/h1-3,5-6,9-12,15-16,23,26H,4,7-8,13-14,17H2,(H,28,30)/t23-/m1/s1. The molecule has 1 fully saturated rings. The average molecular weight is 399 g/mol. The van der Waals surface area contributed by atoms with Crippen molar-refractivity contribution in [3.8, 4) is 0 Å². The van der Waals surface area contributed by atoms with Gasteiger partial charge in [0, 0.05) is 37.6 Å². The molecule has 1 saturated heterocycles. The van der Waals surface area contributed by atoms with E-state index in [1.807, 2.05) is 24.3 Å². The van der Waals surface area contributed by atoms with Gasteiger partial charge in [-0.05, 0) is 60.2 Å². The van der Waals surface area contributed by atoms with Crippen LogP contribution in [0.4, 0.5) is 11.5 Å². The van der Waals surface area contributed by atoms with E-state index in [9.17, 15) is 4.79 Å². The van der Waals surface area contributed by atoms with Crippen molar-refractivity contribution < 1.29 is 4.79 Å². The third kappa shape index (κ3) is 3.94. The number of hydrogen-bond acceptors (Lipinski definition) is 4. The normalized spacial score (nSPS) is 18.1. The predicted octanol–water partition coefficient (Wildman–Crippen LogP) is 3.97. The second kappa shape index (κ2) is 8.28. The van der Waals surface area contributed by atoms with E-state index < -0.39 is 0 Å². The fourth-order valence-electron chi connectivity index (χ4n) is 4.43. The monoisotopic (exact) mass is 398 g/mol. The first-order valence-electron chi connectivity index (χ1n) is 10.7. The second-order valence-electron chi connectivity index (χ2n) is 8.06. The van der Waals surface area contributed by atoms with E-state index in [1.54, 1.807) is 6.20 Å². The van der Waals surface area contributed by atoms with Crippen molar-refractivity contribution in [1.82, 2.24) is 10.3 Å². The molecule has 0 radical (unpaired) electrons. The summed E-state index contributed by atoms with van der Waals surface area (Å²) in [5.74, 6) is 0.793. The molecule has 2 aromatic carbocycles. The molecule has 152 valence electrons. The summed E-state index contributed by atoms with van der Waals surface area (Å²) in [6.45, 7) is 2.66. The first-order valence-corrected chi connectivity index (χ1v) is 10.7. The summed E-state index contributed by atoms with van der Waals surface area (Å²) in [4.78, 5) is 19.5. The van der Waals surface area contributed by atoms with Crippen LogP contribution in [0.3, 0.4) is 0 Å². The summed E-state index contributed by atoms with van der Waals surface area (Å²) in [7, 11) is 0. The lowest BCUT2D eigenvalue weighted by Crippen LogP contribution is -2.46. The summed E-state index contributed by atoms with van der Waals surface area (Å²) < 4.78 is 0. The van der Waals surface area contributed by atoms with Crippen molar-refractivity contribution in [3.05, 3.63) is 89.1 Å². The topological polar surface area (TPSA) is 57.3 Å². The Morgan fingerprint density at radius 2 is 1.90 bits per heavy atom. The number of nitrogens with one attached hydrogen (secondary N) is 2. The fraction of sp³-hybridized carbons (Fsp3) is 0.280. The number of hydrogen-bond donors (Lipinski definition) is 2. The SMILES string of the molecule is O=C(Nc1ccc2c(c1)CCC2)c1ccc(N2CCN[C@@H](c3ccccc3)C2)nc1. The minimum Gasteiger partial charge on any atom is -0.353 e. The number of aryl methyl sites for hydroxylation is 2. The molecule has 1 aromatic heterocycles. The van der Waals surface area contributed by atoms with Gasteiger partial charge in [-0.2, -0.15) is 0 Å². The van der Waals surface area contributed by atoms with Gasteiger partial charge in [-0.3, -0.25) is 4.79 Å². The Morgan fingerprint density at radius 1 is 1.03 bits per heavy atom. The highest BCUT2D eigenvalue weighted by molar-refractivity contribution is 6.04. The number of rotatable bonds is 4. The van der Waals surface area contributed by atoms with E-state index >= 15 is 0 Å². The highest BCUT2D eigenvalue weighted by Gasteiger charge is 2.22. The molecule has 5 nitrogen and oxygen atoms in total. The molecule has 30 heavy (non-hydrogen) atoms. The third-order valence-corrected chi connectivity index (χ3v) is 6.07. The van der Waals surface area contributed by atoms with Crippen molar-refractivity contribution in [2.45, 2.75) is 25.3 Å². The van der Waals surface area contributed by atoms with Gasteiger partial charge in [0.05, 0.1) is 5.56 Å². The van der Waals surface area contributed by atoms with Crippen molar-refractivity contribution in [2.24, 2.45) is 0 Å². The second-order valence-corrected chi connectivity index (χ2v) is 8.06. The molecular formula is C25H26N4O. The maximum Gasteiger partial charge on any atom is 0.257 e. The molecule has 5 heteroatoms. The zero-order valence-electron chi connectivity index (χ0n) is 17.0. The van der Waals surface area contributed by atoms with Crippen LogP contribution in [-0.2, 0) is 12.8 Å². The lowest BCUT2D eigenvalue weighted by Gasteiger charge is -2.34. The Balaban J connectivity index is 1.25. The lowest BCUT2D eigenvalue weighted by atomic mass is 10.0. The van der Waals surface area contributed by atoms with Gasteiger partial charge < -0.3 is 15.5 Å². The van der Waals surface area contributed by atoms with Crippen molar-refractivity contribution in [2.75, 3.05) is 29.9 Å². The molecule has 1 aliphatic heterocycles. The van der Waals surface area contributed by atoms with Crippen LogP contribution in [0.25, 0.3) is 0 Å². The Morgan fingerprint density at radius 3 is 2.73 bits per heavy atom. The molecule has 1 aliphatic carbocycles. The molecule has 1 amide bonds. The number of carbonyl (C=O) groups excluding carboxylic acids is 1. The van der Waals surface area contributed by atoms with Crippen LogP contribution in [-0.4, -0.2) is 30.5 Å². The molecule has 2 aliphatic rings. The van der Waals surface area contributed by atoms with Crippen molar-refractivity contribution >= 4 is 17.4 Å². The van der Waals surface area contributed by atoms with Gasteiger partial charge >= 0.3 is 0 Å². The van der Waals surface area contributed by atoms with E-state index in [1.165, 1.54) is 23.1 Å². The number of carbonyl (C=O) groups is 1. The Bertz CT molecular complexity index is 1030. The van der Waals surface area contributed by atoms with Gasteiger partial charge in [-0.25, -0.2) is 4.98 Å². The molecule has 0 spiro atoms. The zero-order valence-corrected chi connectivity index (χ0v) is 17.0. The molecule has 2 heterocycles. The largest absolute Gasteiger partial charge is 0.353 e. The average Bonchev–Trinajstić information content (AvgIpc) is 3.28. The van der Waals surface area contributed by atoms with E-state index in [2.05, 4.69) is 56.9 Å². The molecule has 2 N–H and O–H groups in total. The molecule has 3 aromatic rings. The smallest absolute Gasteiger partial charge is 0.257 e. The van der Waals surface area contributed by atoms with Gasteiger partial charge in [-0.15, -0.1) is 0 Å². The number of anilines is 2. The van der Waals surface area contributed by atoms with E-state index in [0.717, 1.165) is 44.0 Å². The fourth-order valence-corrected chi connectivity index (χ4v) is 4.43.